The summed E-state index contributed by atoms with van der Waals surface area (Å²) < 4.78 is 0. The normalized spacial score (nSPS) is 16.0. The molecule has 0 saturated carbocycles. The van der Waals surface area contributed by atoms with Gasteiger partial charge in [0.25, 0.3) is 11.5 Å². The van der Waals surface area contributed by atoms with Crippen LogP contribution < -0.4 is 11.3 Å². The standard InChI is InChI=1S/C16H16Cl2N4O2.2ClH/c17-11-3-10(4-12(18)5-11)14-20-7-13(15(23)21-14)16(24)22-2-1-9(6-19)8-22;;/h3-5,7,9H,1-2,6,8,19H2,(H,20,21,23);2*1H. The van der Waals surface area contributed by atoms with Crippen LogP contribution in [0.3, 0.4) is 0 Å². The van der Waals surface area contributed by atoms with Gasteiger partial charge in [-0.05, 0) is 37.1 Å². The molecule has 3 N–H and O–H groups in total. The molecule has 1 aromatic heterocycles. The number of nitrogens with zero attached hydrogens (tertiary/aromatic N) is 2. The molecular weight excluding hydrogens is 422 g/mol. The molecule has 2 aromatic rings. The van der Waals surface area contributed by atoms with Gasteiger partial charge in [-0.15, -0.1) is 24.8 Å². The van der Waals surface area contributed by atoms with Crippen LogP contribution in [0.25, 0.3) is 11.4 Å². The Morgan fingerprint density at radius 3 is 2.46 bits per heavy atom. The zero-order chi connectivity index (χ0) is 17.3. The number of aromatic nitrogens is 2. The number of amides is 1. The van der Waals surface area contributed by atoms with Gasteiger partial charge in [0.15, 0.2) is 0 Å². The van der Waals surface area contributed by atoms with Crippen molar-refractivity contribution in [2.24, 2.45) is 11.7 Å². The minimum atomic E-state index is -0.489. The molecule has 1 saturated heterocycles. The fraction of sp³-hybridized carbons (Fsp3) is 0.312. The topological polar surface area (TPSA) is 92.1 Å². The zero-order valence-electron chi connectivity index (χ0n) is 13.6. The number of H-pyrrole nitrogens is 1. The van der Waals surface area contributed by atoms with E-state index in [1.807, 2.05) is 0 Å². The molecule has 1 amide bonds. The lowest BCUT2D eigenvalue weighted by Crippen LogP contribution is -2.34. The Morgan fingerprint density at radius 2 is 1.92 bits per heavy atom. The van der Waals surface area contributed by atoms with Crippen LogP contribution in [0, 0.1) is 5.92 Å². The molecule has 2 heterocycles. The number of hydrogen-bond acceptors (Lipinski definition) is 4. The summed E-state index contributed by atoms with van der Waals surface area (Å²) in [5, 5.41) is 0.871. The predicted molar refractivity (Wildman–Crippen MR) is 108 cm³/mol. The lowest BCUT2D eigenvalue weighted by molar-refractivity contribution is 0.0785. The van der Waals surface area contributed by atoms with Crippen molar-refractivity contribution in [3.63, 3.8) is 0 Å². The van der Waals surface area contributed by atoms with Crippen molar-refractivity contribution in [1.29, 1.82) is 0 Å². The second-order valence-corrected chi connectivity index (χ2v) is 6.65. The van der Waals surface area contributed by atoms with Crippen LogP contribution >= 0.6 is 48.0 Å². The fourth-order valence-electron chi connectivity index (χ4n) is 2.76. The Labute approximate surface area is 172 Å². The lowest BCUT2D eigenvalue weighted by atomic mass is 10.1. The number of carbonyl (C=O) groups is 1. The van der Waals surface area contributed by atoms with E-state index in [4.69, 9.17) is 28.9 Å². The number of likely N-dealkylation sites (tertiary alicyclic amines) is 1. The van der Waals surface area contributed by atoms with Crippen LogP contribution in [0.5, 0.6) is 0 Å². The van der Waals surface area contributed by atoms with Crippen molar-refractivity contribution in [2.75, 3.05) is 19.6 Å². The number of halogens is 4. The maximum atomic E-state index is 12.5. The van der Waals surface area contributed by atoms with Crippen molar-refractivity contribution in [3.8, 4) is 11.4 Å². The van der Waals surface area contributed by atoms with E-state index in [0.717, 1.165) is 6.42 Å². The van der Waals surface area contributed by atoms with Crippen LogP contribution in [0.4, 0.5) is 0 Å². The number of rotatable bonds is 3. The molecule has 3 rings (SSSR count). The van der Waals surface area contributed by atoms with Gasteiger partial charge in [0, 0.05) is 34.9 Å². The van der Waals surface area contributed by atoms with Gasteiger partial charge in [0.05, 0.1) is 0 Å². The van der Waals surface area contributed by atoms with E-state index in [0.29, 0.717) is 41.1 Å². The van der Waals surface area contributed by atoms with E-state index < -0.39 is 5.56 Å². The SMILES string of the molecule is Cl.Cl.NCC1CCN(C(=O)c2cnc(-c3cc(Cl)cc(Cl)c3)[nH]c2=O)C1. The molecule has 1 aromatic carbocycles. The summed E-state index contributed by atoms with van der Waals surface area (Å²) in [4.78, 5) is 33.2. The number of nitrogens with two attached hydrogens (primary N) is 1. The van der Waals surface area contributed by atoms with Crippen LogP contribution in [0.15, 0.2) is 29.2 Å². The van der Waals surface area contributed by atoms with Gasteiger partial charge in [-0.2, -0.15) is 0 Å². The van der Waals surface area contributed by atoms with Gasteiger partial charge in [-0.3, -0.25) is 9.59 Å². The average Bonchev–Trinajstić information content (AvgIpc) is 3.02. The van der Waals surface area contributed by atoms with Gasteiger partial charge < -0.3 is 15.6 Å². The summed E-state index contributed by atoms with van der Waals surface area (Å²) >= 11 is 11.9. The highest BCUT2D eigenvalue weighted by Crippen LogP contribution is 2.24. The first-order valence-electron chi connectivity index (χ1n) is 7.53. The van der Waals surface area contributed by atoms with E-state index in [1.54, 1.807) is 23.1 Å². The first-order chi connectivity index (χ1) is 11.5. The van der Waals surface area contributed by atoms with Crippen LogP contribution in [0.2, 0.25) is 10.0 Å². The van der Waals surface area contributed by atoms with Crippen molar-refractivity contribution in [2.45, 2.75) is 6.42 Å². The third kappa shape index (κ3) is 4.90. The Balaban J connectivity index is 0.00000169. The molecule has 0 bridgehead atoms. The molecule has 0 spiro atoms. The molecular formula is C16H18Cl4N4O2. The average molecular weight is 440 g/mol. The maximum Gasteiger partial charge on any atom is 0.264 e. The van der Waals surface area contributed by atoms with Gasteiger partial charge >= 0.3 is 0 Å². The molecule has 0 aliphatic carbocycles. The fourth-order valence-corrected chi connectivity index (χ4v) is 3.29. The van der Waals surface area contributed by atoms with E-state index >= 15 is 0 Å². The van der Waals surface area contributed by atoms with E-state index in [2.05, 4.69) is 9.97 Å². The third-order valence-corrected chi connectivity index (χ3v) is 4.51. The molecule has 1 unspecified atom stereocenters. The Morgan fingerprint density at radius 1 is 1.27 bits per heavy atom. The highest BCUT2D eigenvalue weighted by Gasteiger charge is 2.27. The first-order valence-corrected chi connectivity index (χ1v) is 8.28. The van der Waals surface area contributed by atoms with Crippen molar-refractivity contribution in [1.82, 2.24) is 14.9 Å². The second kappa shape index (κ2) is 9.58. The Bertz CT molecular complexity index is 823. The number of hydrogen-bond donors (Lipinski definition) is 2. The number of carbonyl (C=O) groups excluding carboxylic acids is 1. The largest absolute Gasteiger partial charge is 0.338 e. The van der Waals surface area contributed by atoms with Gasteiger partial charge in [0.2, 0.25) is 0 Å². The minimum absolute atomic E-state index is 0. The van der Waals surface area contributed by atoms with Gasteiger partial charge in [-0.25, -0.2) is 4.98 Å². The second-order valence-electron chi connectivity index (χ2n) is 5.77. The first kappa shape index (κ1) is 22.7. The Hall–Kier alpha value is -1.31. The van der Waals surface area contributed by atoms with Gasteiger partial charge in [0.1, 0.15) is 11.4 Å². The summed E-state index contributed by atoms with van der Waals surface area (Å²) in [6, 6.07) is 4.86. The lowest BCUT2D eigenvalue weighted by Gasteiger charge is -2.15. The highest BCUT2D eigenvalue weighted by atomic mass is 35.5. The third-order valence-electron chi connectivity index (χ3n) is 4.07. The molecule has 1 aliphatic rings. The Kier molecular flexibility index (Phi) is 8.37. The van der Waals surface area contributed by atoms with E-state index in [9.17, 15) is 9.59 Å². The molecule has 1 atom stereocenters. The number of aromatic amines is 1. The molecule has 1 fully saturated rings. The van der Waals surface area contributed by atoms with Crippen molar-refractivity contribution < 1.29 is 4.79 Å². The van der Waals surface area contributed by atoms with E-state index in [1.165, 1.54) is 6.20 Å². The van der Waals surface area contributed by atoms with Crippen molar-refractivity contribution in [3.05, 3.63) is 50.4 Å². The molecule has 10 heteroatoms. The zero-order valence-corrected chi connectivity index (χ0v) is 16.7. The summed E-state index contributed by atoms with van der Waals surface area (Å²) in [7, 11) is 0. The summed E-state index contributed by atoms with van der Waals surface area (Å²) in [6.07, 6.45) is 2.15. The monoisotopic (exact) mass is 438 g/mol. The minimum Gasteiger partial charge on any atom is -0.338 e. The van der Waals surface area contributed by atoms with Crippen molar-refractivity contribution >= 4 is 53.9 Å². The quantitative estimate of drug-likeness (QED) is 0.768. The number of benzene rings is 1. The smallest absolute Gasteiger partial charge is 0.264 e. The summed E-state index contributed by atoms with van der Waals surface area (Å²) in [6.45, 7) is 1.71. The van der Waals surface area contributed by atoms with Crippen LogP contribution in [0.1, 0.15) is 16.8 Å². The van der Waals surface area contributed by atoms with Gasteiger partial charge in [-0.1, -0.05) is 23.2 Å². The predicted octanol–water partition coefficient (Wildman–Crippen LogP) is 3.01. The molecule has 0 radical (unpaired) electrons. The number of nitrogens with one attached hydrogen (secondary N) is 1. The van der Waals surface area contributed by atoms with Crippen LogP contribution in [-0.4, -0.2) is 40.4 Å². The van der Waals surface area contributed by atoms with Crippen LogP contribution in [-0.2, 0) is 0 Å². The summed E-state index contributed by atoms with van der Waals surface area (Å²) in [5.74, 6) is 0.270. The maximum absolute atomic E-state index is 12.5. The highest BCUT2D eigenvalue weighted by molar-refractivity contribution is 6.35. The molecule has 142 valence electrons. The van der Waals surface area contributed by atoms with E-state index in [-0.39, 0.29) is 42.2 Å². The summed E-state index contributed by atoms with van der Waals surface area (Å²) in [5.41, 5.74) is 5.74. The molecule has 6 nitrogen and oxygen atoms in total. The molecule has 1 aliphatic heterocycles. The molecule has 26 heavy (non-hydrogen) atoms.